The van der Waals surface area contributed by atoms with E-state index in [1.807, 2.05) is 6.92 Å². The topological polar surface area (TPSA) is 109 Å². The molecule has 0 aromatic carbocycles. The van der Waals surface area contributed by atoms with Crippen LogP contribution >= 0.6 is 11.5 Å². The van der Waals surface area contributed by atoms with E-state index in [0.717, 1.165) is 23.6 Å². The zero-order valence-corrected chi connectivity index (χ0v) is 12.8. The average Bonchev–Trinajstić information content (AvgIpc) is 2.86. The molecular formula is C10H17N5O3S2. The van der Waals surface area contributed by atoms with Gasteiger partial charge in [0.25, 0.3) is 16.1 Å². The third-order valence-corrected chi connectivity index (χ3v) is 4.96. The second-order valence-corrected chi connectivity index (χ2v) is 6.84. The van der Waals surface area contributed by atoms with Crippen molar-refractivity contribution in [1.29, 1.82) is 0 Å². The van der Waals surface area contributed by atoms with Crippen LogP contribution in [0.4, 0.5) is 0 Å². The number of carbonyl (C=O) groups excluding carboxylic acids is 1. The summed E-state index contributed by atoms with van der Waals surface area (Å²) in [5.41, 5.74) is 0.719. The number of piperazine rings is 1. The first-order chi connectivity index (χ1) is 9.43. The number of hydrogen-bond acceptors (Lipinski definition) is 6. The van der Waals surface area contributed by atoms with Crippen molar-refractivity contribution < 1.29 is 13.2 Å². The Morgan fingerprint density at radius 3 is 2.55 bits per heavy atom. The summed E-state index contributed by atoms with van der Waals surface area (Å²) in [6.07, 6.45) is 1.61. The van der Waals surface area contributed by atoms with Gasteiger partial charge in [-0.3, -0.25) is 4.79 Å². The van der Waals surface area contributed by atoms with Crippen molar-refractivity contribution in [2.24, 2.45) is 5.14 Å². The summed E-state index contributed by atoms with van der Waals surface area (Å²) < 4.78 is 27.4. The maximum Gasteiger partial charge on any atom is 0.277 e. The quantitative estimate of drug-likeness (QED) is 0.801. The number of aromatic nitrogens is 2. The Morgan fingerprint density at radius 1 is 1.35 bits per heavy atom. The van der Waals surface area contributed by atoms with Crippen molar-refractivity contribution in [1.82, 2.24) is 18.8 Å². The van der Waals surface area contributed by atoms with Crippen LogP contribution in [0.5, 0.6) is 0 Å². The molecule has 1 aliphatic heterocycles. The molecule has 1 aromatic heterocycles. The summed E-state index contributed by atoms with van der Waals surface area (Å²) in [7, 11) is -3.67. The molecule has 0 aliphatic carbocycles. The summed E-state index contributed by atoms with van der Waals surface area (Å²) in [6, 6.07) is 0. The van der Waals surface area contributed by atoms with Gasteiger partial charge in [0.1, 0.15) is 4.88 Å². The molecule has 10 heteroatoms. The first-order valence-electron chi connectivity index (χ1n) is 6.32. The van der Waals surface area contributed by atoms with Gasteiger partial charge in [-0.15, -0.1) is 5.10 Å². The molecule has 20 heavy (non-hydrogen) atoms. The number of carbonyl (C=O) groups is 1. The van der Waals surface area contributed by atoms with E-state index < -0.39 is 10.2 Å². The van der Waals surface area contributed by atoms with Crippen LogP contribution in [-0.2, 0) is 16.6 Å². The van der Waals surface area contributed by atoms with Crippen molar-refractivity contribution in [3.05, 3.63) is 10.6 Å². The number of hydrogen-bond donors (Lipinski definition) is 1. The van der Waals surface area contributed by atoms with Crippen molar-refractivity contribution >= 4 is 27.6 Å². The number of nitrogens with two attached hydrogens (primary N) is 1. The van der Waals surface area contributed by atoms with Crippen molar-refractivity contribution in [3.8, 4) is 0 Å². The summed E-state index contributed by atoms with van der Waals surface area (Å²) in [5, 5.41) is 9.04. The summed E-state index contributed by atoms with van der Waals surface area (Å²) in [4.78, 5) is 14.5. The van der Waals surface area contributed by atoms with E-state index in [0.29, 0.717) is 24.4 Å². The predicted octanol–water partition coefficient (Wildman–Crippen LogP) is -0.548. The highest BCUT2D eigenvalue weighted by Gasteiger charge is 2.29. The zero-order valence-electron chi connectivity index (χ0n) is 11.2. The van der Waals surface area contributed by atoms with E-state index in [1.54, 1.807) is 4.90 Å². The molecule has 0 bridgehead atoms. The average molecular weight is 319 g/mol. The van der Waals surface area contributed by atoms with Gasteiger partial charge >= 0.3 is 0 Å². The van der Waals surface area contributed by atoms with Crippen LogP contribution < -0.4 is 5.14 Å². The van der Waals surface area contributed by atoms with Gasteiger partial charge in [0.05, 0.1) is 5.69 Å². The highest BCUT2D eigenvalue weighted by atomic mass is 32.2. The number of rotatable bonds is 4. The molecule has 0 radical (unpaired) electrons. The molecule has 1 saturated heterocycles. The molecule has 0 atom stereocenters. The Kier molecular flexibility index (Phi) is 4.68. The summed E-state index contributed by atoms with van der Waals surface area (Å²) in [5.74, 6) is -0.127. The molecule has 0 saturated carbocycles. The van der Waals surface area contributed by atoms with Gasteiger partial charge in [-0.1, -0.05) is 17.8 Å². The minimum atomic E-state index is -3.67. The molecule has 0 spiro atoms. The van der Waals surface area contributed by atoms with E-state index in [1.165, 1.54) is 4.31 Å². The Bertz CT molecular complexity index is 577. The molecule has 1 aliphatic rings. The lowest BCUT2D eigenvalue weighted by Crippen LogP contribution is -2.52. The van der Waals surface area contributed by atoms with E-state index in [4.69, 9.17) is 5.14 Å². The fraction of sp³-hybridized carbons (Fsp3) is 0.700. The summed E-state index contributed by atoms with van der Waals surface area (Å²) in [6.45, 7) is 3.12. The largest absolute Gasteiger partial charge is 0.335 e. The van der Waals surface area contributed by atoms with Gasteiger partial charge in [-0.2, -0.15) is 12.7 Å². The highest BCUT2D eigenvalue weighted by Crippen LogP contribution is 2.17. The normalized spacial score (nSPS) is 17.4. The van der Waals surface area contributed by atoms with Gasteiger partial charge in [0.15, 0.2) is 0 Å². The van der Waals surface area contributed by atoms with Gasteiger partial charge < -0.3 is 4.90 Å². The maximum atomic E-state index is 12.4. The molecule has 2 N–H and O–H groups in total. The van der Waals surface area contributed by atoms with Gasteiger partial charge in [0, 0.05) is 26.2 Å². The Labute approximate surface area is 121 Å². The predicted molar refractivity (Wildman–Crippen MR) is 74.5 cm³/mol. The Balaban J connectivity index is 2.03. The first-order valence-corrected chi connectivity index (χ1v) is 8.59. The first kappa shape index (κ1) is 15.3. The van der Waals surface area contributed by atoms with E-state index >= 15 is 0 Å². The fourth-order valence-corrected chi connectivity index (χ4v) is 3.41. The molecule has 0 unspecified atom stereocenters. The molecule has 1 amide bonds. The van der Waals surface area contributed by atoms with Gasteiger partial charge in [-0.25, -0.2) is 5.14 Å². The third kappa shape index (κ3) is 3.32. The molecule has 2 rings (SSSR count). The lowest BCUT2D eigenvalue weighted by Gasteiger charge is -2.32. The van der Waals surface area contributed by atoms with Gasteiger partial charge in [-0.05, 0) is 18.0 Å². The summed E-state index contributed by atoms with van der Waals surface area (Å²) >= 11 is 1.09. The van der Waals surface area contributed by atoms with Crippen LogP contribution in [0, 0.1) is 0 Å². The molecular weight excluding hydrogens is 302 g/mol. The smallest absolute Gasteiger partial charge is 0.277 e. The van der Waals surface area contributed by atoms with Crippen LogP contribution in [0.25, 0.3) is 0 Å². The molecule has 8 nitrogen and oxygen atoms in total. The molecule has 2 heterocycles. The molecule has 112 valence electrons. The van der Waals surface area contributed by atoms with E-state index in [-0.39, 0.29) is 19.0 Å². The Morgan fingerprint density at radius 2 is 2.00 bits per heavy atom. The molecule has 1 fully saturated rings. The van der Waals surface area contributed by atoms with E-state index in [9.17, 15) is 13.2 Å². The van der Waals surface area contributed by atoms with Crippen LogP contribution in [0.15, 0.2) is 0 Å². The van der Waals surface area contributed by atoms with Crippen molar-refractivity contribution in [2.75, 3.05) is 26.2 Å². The van der Waals surface area contributed by atoms with Crippen LogP contribution in [0.2, 0.25) is 0 Å². The number of amides is 1. The highest BCUT2D eigenvalue weighted by molar-refractivity contribution is 7.86. The Hall–Kier alpha value is -1.10. The number of aryl methyl sites for hydroxylation is 1. The maximum absolute atomic E-state index is 12.4. The van der Waals surface area contributed by atoms with Crippen LogP contribution in [-0.4, -0.2) is 59.3 Å². The van der Waals surface area contributed by atoms with Crippen LogP contribution in [0.1, 0.15) is 28.7 Å². The van der Waals surface area contributed by atoms with Gasteiger partial charge in [0.2, 0.25) is 0 Å². The van der Waals surface area contributed by atoms with Crippen molar-refractivity contribution in [3.63, 3.8) is 0 Å². The van der Waals surface area contributed by atoms with E-state index in [2.05, 4.69) is 9.59 Å². The lowest BCUT2D eigenvalue weighted by atomic mass is 10.2. The third-order valence-electron chi connectivity index (χ3n) is 3.12. The second-order valence-electron chi connectivity index (χ2n) is 4.53. The SMILES string of the molecule is CCCc1nnsc1C(=O)N1CCN(S(N)(=O)=O)CC1. The minimum Gasteiger partial charge on any atom is -0.335 e. The minimum absolute atomic E-state index is 0.127. The lowest BCUT2D eigenvalue weighted by molar-refractivity contribution is 0.0701. The number of nitrogens with zero attached hydrogens (tertiary/aromatic N) is 4. The molecule has 1 aromatic rings. The second kappa shape index (κ2) is 6.12. The van der Waals surface area contributed by atoms with Crippen LogP contribution in [0.3, 0.4) is 0 Å². The fourth-order valence-electron chi connectivity index (χ4n) is 2.06. The zero-order chi connectivity index (χ0) is 14.8. The van der Waals surface area contributed by atoms with Crippen molar-refractivity contribution in [2.45, 2.75) is 19.8 Å². The monoisotopic (exact) mass is 319 g/mol. The standard InChI is InChI=1S/C10H17N5O3S2/c1-2-3-8-9(19-13-12-8)10(16)14-4-6-15(7-5-14)20(11,17)18/h2-7H2,1H3,(H2,11,17,18).